The van der Waals surface area contributed by atoms with E-state index in [1.807, 2.05) is 39.1 Å². The summed E-state index contributed by atoms with van der Waals surface area (Å²) in [6.07, 6.45) is 0. The van der Waals surface area contributed by atoms with Crippen molar-refractivity contribution in [3.8, 4) is 11.5 Å². The number of hydrogen-bond acceptors (Lipinski definition) is 3. The minimum absolute atomic E-state index is 0. The first kappa shape index (κ1) is 19.8. The van der Waals surface area contributed by atoms with Gasteiger partial charge in [-0.1, -0.05) is 6.07 Å². The molecule has 0 aliphatic heterocycles. The van der Waals surface area contributed by atoms with Gasteiger partial charge < -0.3 is 20.1 Å². The molecular formula is C15H26IN3O2. The number of hydrogen-bond donors (Lipinski definition) is 2. The minimum atomic E-state index is 0. The highest BCUT2D eigenvalue weighted by atomic mass is 127. The Morgan fingerprint density at radius 1 is 1.19 bits per heavy atom. The van der Waals surface area contributed by atoms with Crippen molar-refractivity contribution < 1.29 is 9.47 Å². The van der Waals surface area contributed by atoms with Crippen LogP contribution in [0.3, 0.4) is 0 Å². The van der Waals surface area contributed by atoms with Gasteiger partial charge in [-0.3, -0.25) is 4.99 Å². The molecular weight excluding hydrogens is 381 g/mol. The van der Waals surface area contributed by atoms with Gasteiger partial charge >= 0.3 is 0 Å². The molecule has 0 aliphatic rings. The summed E-state index contributed by atoms with van der Waals surface area (Å²) in [6.45, 7) is 7.24. The van der Waals surface area contributed by atoms with Crippen molar-refractivity contribution in [1.82, 2.24) is 10.6 Å². The van der Waals surface area contributed by atoms with Gasteiger partial charge in [-0.2, -0.15) is 0 Å². The zero-order valence-corrected chi connectivity index (χ0v) is 15.7. The quantitative estimate of drug-likeness (QED) is 0.433. The molecule has 0 aromatic heterocycles. The Balaban J connectivity index is 0.00000400. The van der Waals surface area contributed by atoms with Crippen LogP contribution in [0.25, 0.3) is 0 Å². The van der Waals surface area contributed by atoms with Gasteiger partial charge in [0.15, 0.2) is 17.5 Å². The molecule has 6 heteroatoms. The summed E-state index contributed by atoms with van der Waals surface area (Å²) in [7, 11) is 3.58. The number of guanidine groups is 1. The Bertz CT molecular complexity index is 453. The first-order valence-corrected chi connectivity index (χ1v) is 6.96. The number of nitrogens with one attached hydrogen (secondary N) is 2. The third-order valence-corrected chi connectivity index (χ3v) is 2.88. The Morgan fingerprint density at radius 2 is 1.81 bits per heavy atom. The molecule has 1 aromatic carbocycles. The second-order valence-electron chi connectivity index (χ2n) is 4.26. The fourth-order valence-corrected chi connectivity index (χ4v) is 1.87. The van der Waals surface area contributed by atoms with Gasteiger partial charge in [0.1, 0.15) is 0 Å². The van der Waals surface area contributed by atoms with E-state index >= 15 is 0 Å². The molecule has 1 atom stereocenters. The maximum Gasteiger partial charge on any atom is 0.191 e. The van der Waals surface area contributed by atoms with Crippen LogP contribution >= 0.6 is 24.0 Å². The van der Waals surface area contributed by atoms with Crippen molar-refractivity contribution in [2.24, 2.45) is 4.99 Å². The van der Waals surface area contributed by atoms with Crippen LogP contribution in [0.2, 0.25) is 0 Å². The van der Waals surface area contributed by atoms with Crippen LogP contribution < -0.4 is 20.1 Å². The minimum Gasteiger partial charge on any atom is -0.490 e. The maximum absolute atomic E-state index is 5.64. The molecule has 0 amide bonds. The summed E-state index contributed by atoms with van der Waals surface area (Å²) in [5, 5.41) is 6.30. The van der Waals surface area contributed by atoms with E-state index in [1.165, 1.54) is 0 Å². The first-order valence-electron chi connectivity index (χ1n) is 6.96. The predicted molar refractivity (Wildman–Crippen MR) is 98.2 cm³/mol. The zero-order chi connectivity index (χ0) is 15.0. The van der Waals surface area contributed by atoms with E-state index in [2.05, 4.69) is 22.5 Å². The number of halogens is 1. The molecule has 0 radical (unpaired) electrons. The summed E-state index contributed by atoms with van der Waals surface area (Å²) in [4.78, 5) is 4.12. The molecule has 5 nitrogen and oxygen atoms in total. The highest BCUT2D eigenvalue weighted by Gasteiger charge is 2.11. The van der Waals surface area contributed by atoms with Crippen LogP contribution in [0.5, 0.6) is 11.5 Å². The fraction of sp³-hybridized carbons (Fsp3) is 0.533. The highest BCUT2D eigenvalue weighted by Crippen LogP contribution is 2.30. The zero-order valence-electron chi connectivity index (χ0n) is 13.4. The van der Waals surface area contributed by atoms with Gasteiger partial charge in [0.25, 0.3) is 0 Å². The van der Waals surface area contributed by atoms with Crippen LogP contribution in [0.1, 0.15) is 32.4 Å². The molecule has 0 spiro atoms. The van der Waals surface area contributed by atoms with Crippen LogP contribution in [-0.2, 0) is 0 Å². The molecule has 21 heavy (non-hydrogen) atoms. The van der Waals surface area contributed by atoms with Crippen LogP contribution in [0.4, 0.5) is 0 Å². The largest absolute Gasteiger partial charge is 0.490 e. The van der Waals surface area contributed by atoms with Crippen molar-refractivity contribution in [2.45, 2.75) is 26.8 Å². The average molecular weight is 407 g/mol. The van der Waals surface area contributed by atoms with E-state index in [0.29, 0.717) is 13.2 Å². The van der Waals surface area contributed by atoms with E-state index in [-0.39, 0.29) is 30.0 Å². The van der Waals surface area contributed by atoms with Crippen LogP contribution in [-0.4, -0.2) is 33.3 Å². The lowest BCUT2D eigenvalue weighted by Gasteiger charge is -2.19. The average Bonchev–Trinajstić information content (AvgIpc) is 2.46. The van der Waals surface area contributed by atoms with E-state index in [1.54, 1.807) is 7.05 Å². The number of aliphatic imine (C=N–C) groups is 1. The van der Waals surface area contributed by atoms with Gasteiger partial charge in [0.2, 0.25) is 0 Å². The van der Waals surface area contributed by atoms with Gasteiger partial charge in [-0.25, -0.2) is 0 Å². The molecule has 1 aromatic rings. The third kappa shape index (κ3) is 5.99. The second kappa shape index (κ2) is 10.5. The molecule has 1 unspecified atom stereocenters. The molecule has 1 rings (SSSR count). The van der Waals surface area contributed by atoms with Gasteiger partial charge in [-0.15, -0.1) is 24.0 Å². The van der Waals surface area contributed by atoms with Crippen molar-refractivity contribution >= 4 is 29.9 Å². The molecule has 0 saturated carbocycles. The molecule has 0 aliphatic carbocycles. The van der Waals surface area contributed by atoms with Gasteiger partial charge in [0, 0.05) is 14.1 Å². The molecule has 0 bridgehead atoms. The number of benzene rings is 1. The van der Waals surface area contributed by atoms with Crippen LogP contribution in [0.15, 0.2) is 23.2 Å². The van der Waals surface area contributed by atoms with Crippen molar-refractivity contribution in [3.05, 3.63) is 23.8 Å². The Labute approximate surface area is 144 Å². The number of rotatable bonds is 6. The maximum atomic E-state index is 5.64. The summed E-state index contributed by atoms with van der Waals surface area (Å²) in [5.41, 5.74) is 1.12. The standard InChI is InChI=1S/C15H25N3O2.HI/c1-6-19-13-9-8-12(10-14(13)20-7-2)11(3)18-15(16-4)17-5;/h8-11H,6-7H2,1-5H3,(H2,16,17,18);1H. The lowest BCUT2D eigenvalue weighted by atomic mass is 10.1. The second-order valence-corrected chi connectivity index (χ2v) is 4.26. The normalized spacial score (nSPS) is 12.1. The van der Waals surface area contributed by atoms with E-state index < -0.39 is 0 Å². The van der Waals surface area contributed by atoms with E-state index in [0.717, 1.165) is 23.0 Å². The van der Waals surface area contributed by atoms with E-state index in [9.17, 15) is 0 Å². The predicted octanol–water partition coefficient (Wildman–Crippen LogP) is 2.96. The van der Waals surface area contributed by atoms with E-state index in [4.69, 9.17) is 9.47 Å². The summed E-state index contributed by atoms with van der Waals surface area (Å²) in [5.74, 6) is 2.31. The molecule has 0 heterocycles. The SMILES string of the molecule is CCOc1ccc(C(C)NC(=NC)NC)cc1OCC.I. The lowest BCUT2D eigenvalue weighted by Crippen LogP contribution is -2.36. The highest BCUT2D eigenvalue weighted by molar-refractivity contribution is 14.0. The topological polar surface area (TPSA) is 54.9 Å². The van der Waals surface area contributed by atoms with Crippen molar-refractivity contribution in [2.75, 3.05) is 27.3 Å². The molecule has 0 fully saturated rings. The smallest absolute Gasteiger partial charge is 0.191 e. The lowest BCUT2D eigenvalue weighted by molar-refractivity contribution is 0.287. The van der Waals surface area contributed by atoms with Gasteiger partial charge in [-0.05, 0) is 38.5 Å². The van der Waals surface area contributed by atoms with Crippen molar-refractivity contribution in [3.63, 3.8) is 0 Å². The molecule has 120 valence electrons. The fourth-order valence-electron chi connectivity index (χ4n) is 1.87. The van der Waals surface area contributed by atoms with Gasteiger partial charge in [0.05, 0.1) is 19.3 Å². The third-order valence-electron chi connectivity index (χ3n) is 2.88. The Morgan fingerprint density at radius 3 is 2.33 bits per heavy atom. The van der Waals surface area contributed by atoms with Crippen molar-refractivity contribution in [1.29, 1.82) is 0 Å². The molecule has 2 N–H and O–H groups in total. The summed E-state index contributed by atoms with van der Waals surface area (Å²) < 4.78 is 11.2. The monoisotopic (exact) mass is 407 g/mol. The number of ether oxygens (including phenoxy) is 2. The Hall–Kier alpha value is -1.18. The summed E-state index contributed by atoms with van der Waals surface area (Å²) in [6, 6.07) is 6.11. The number of nitrogens with zero attached hydrogens (tertiary/aromatic N) is 1. The first-order chi connectivity index (χ1) is 9.65. The summed E-state index contributed by atoms with van der Waals surface area (Å²) >= 11 is 0. The molecule has 0 saturated heterocycles. The Kier molecular flexibility index (Phi) is 9.94. The van der Waals surface area contributed by atoms with Crippen LogP contribution in [0, 0.1) is 0 Å².